The standard InChI is InChI=1S/C12H12F3N3.C6H12O/c1-8(2)18-7-16-11(17-18)9-4-3-5-10(6-9)12(13,14)15;1-5-2-3-6(7)4-5/h3-8H,1-2H3;5-7H,2-4H2,1H3. The molecule has 2 atom stereocenters. The van der Waals surface area contributed by atoms with Crippen molar-refractivity contribution in [3.8, 4) is 11.4 Å². The number of aromatic nitrogens is 3. The maximum absolute atomic E-state index is 12.6. The van der Waals surface area contributed by atoms with E-state index >= 15 is 0 Å². The van der Waals surface area contributed by atoms with Crippen molar-refractivity contribution in [3.05, 3.63) is 36.2 Å². The second kappa shape index (κ2) is 7.99. The zero-order chi connectivity index (χ0) is 18.6. The predicted molar refractivity (Wildman–Crippen MR) is 89.9 cm³/mol. The van der Waals surface area contributed by atoms with Crippen LogP contribution in [0.2, 0.25) is 0 Å². The van der Waals surface area contributed by atoms with E-state index < -0.39 is 11.7 Å². The summed E-state index contributed by atoms with van der Waals surface area (Å²) in [7, 11) is 0. The summed E-state index contributed by atoms with van der Waals surface area (Å²) in [6, 6.07) is 5.13. The normalized spacial score (nSPS) is 20.5. The largest absolute Gasteiger partial charge is 0.416 e. The molecule has 0 radical (unpaired) electrons. The average Bonchev–Trinajstić information content (AvgIpc) is 3.16. The molecule has 0 bridgehead atoms. The number of hydrogen-bond acceptors (Lipinski definition) is 3. The Hall–Kier alpha value is -1.89. The fourth-order valence-electron chi connectivity index (χ4n) is 2.67. The lowest BCUT2D eigenvalue weighted by atomic mass is 10.1. The van der Waals surface area contributed by atoms with E-state index in [0.29, 0.717) is 11.4 Å². The Morgan fingerprint density at radius 1 is 1.24 bits per heavy atom. The third-order valence-corrected chi connectivity index (χ3v) is 4.15. The van der Waals surface area contributed by atoms with E-state index in [1.165, 1.54) is 18.8 Å². The lowest BCUT2D eigenvalue weighted by Crippen LogP contribution is -2.05. The van der Waals surface area contributed by atoms with Crippen LogP contribution in [0, 0.1) is 5.92 Å². The van der Waals surface area contributed by atoms with Crippen molar-refractivity contribution in [3.63, 3.8) is 0 Å². The van der Waals surface area contributed by atoms with E-state index in [1.54, 1.807) is 10.7 Å². The minimum Gasteiger partial charge on any atom is -0.393 e. The van der Waals surface area contributed by atoms with Gasteiger partial charge < -0.3 is 5.11 Å². The second-order valence-corrected chi connectivity index (χ2v) is 6.79. The number of nitrogens with zero attached hydrogens (tertiary/aromatic N) is 3. The molecule has 0 spiro atoms. The number of rotatable bonds is 2. The van der Waals surface area contributed by atoms with Crippen LogP contribution in [0.5, 0.6) is 0 Å². The van der Waals surface area contributed by atoms with Crippen molar-refractivity contribution in [2.75, 3.05) is 0 Å². The van der Waals surface area contributed by atoms with E-state index in [9.17, 15) is 13.2 Å². The van der Waals surface area contributed by atoms with Crippen LogP contribution in [0.1, 0.15) is 51.6 Å². The van der Waals surface area contributed by atoms with Crippen LogP contribution in [0.25, 0.3) is 11.4 Å². The Balaban J connectivity index is 0.000000269. The molecule has 7 heteroatoms. The molecular weight excluding hydrogens is 331 g/mol. The Bertz CT molecular complexity index is 674. The first kappa shape index (κ1) is 19.4. The molecule has 25 heavy (non-hydrogen) atoms. The zero-order valence-electron chi connectivity index (χ0n) is 14.7. The molecule has 1 N–H and O–H groups in total. The van der Waals surface area contributed by atoms with Gasteiger partial charge in [0.1, 0.15) is 6.33 Å². The molecule has 3 rings (SSSR count). The molecule has 1 aromatic heterocycles. The van der Waals surface area contributed by atoms with Crippen molar-refractivity contribution >= 4 is 0 Å². The maximum atomic E-state index is 12.6. The summed E-state index contributed by atoms with van der Waals surface area (Å²) < 4.78 is 39.3. The minimum atomic E-state index is -4.35. The van der Waals surface area contributed by atoms with Gasteiger partial charge in [0.25, 0.3) is 0 Å². The zero-order valence-corrected chi connectivity index (χ0v) is 14.7. The molecule has 1 fully saturated rings. The molecule has 0 amide bonds. The Morgan fingerprint density at radius 2 is 1.96 bits per heavy atom. The van der Waals surface area contributed by atoms with E-state index in [1.807, 2.05) is 13.8 Å². The van der Waals surface area contributed by atoms with Gasteiger partial charge in [0.2, 0.25) is 0 Å². The van der Waals surface area contributed by atoms with Gasteiger partial charge in [0.05, 0.1) is 11.7 Å². The molecule has 1 saturated carbocycles. The quantitative estimate of drug-likeness (QED) is 0.849. The van der Waals surface area contributed by atoms with Crippen LogP contribution in [0.4, 0.5) is 13.2 Å². The SMILES string of the molecule is CC(C)n1cnc(-c2cccc(C(F)(F)F)c2)n1.CC1CCC(O)C1. The van der Waals surface area contributed by atoms with Crippen molar-refractivity contribution in [1.29, 1.82) is 0 Å². The van der Waals surface area contributed by atoms with Crippen LogP contribution in [0.15, 0.2) is 30.6 Å². The number of hydrogen-bond donors (Lipinski definition) is 1. The van der Waals surface area contributed by atoms with Gasteiger partial charge in [-0.2, -0.15) is 18.3 Å². The van der Waals surface area contributed by atoms with E-state index in [2.05, 4.69) is 17.0 Å². The molecule has 1 aliphatic rings. The Morgan fingerprint density at radius 3 is 2.40 bits per heavy atom. The van der Waals surface area contributed by atoms with Gasteiger partial charge in [-0.1, -0.05) is 19.1 Å². The number of benzene rings is 1. The highest BCUT2D eigenvalue weighted by molar-refractivity contribution is 5.55. The summed E-state index contributed by atoms with van der Waals surface area (Å²) in [6.45, 7) is 6.03. The summed E-state index contributed by atoms with van der Waals surface area (Å²) in [5.74, 6) is 1.07. The molecule has 0 saturated heterocycles. The topological polar surface area (TPSA) is 50.9 Å². The highest BCUT2D eigenvalue weighted by atomic mass is 19.4. The van der Waals surface area contributed by atoms with E-state index in [4.69, 9.17) is 5.11 Å². The van der Waals surface area contributed by atoms with Crippen LogP contribution < -0.4 is 0 Å². The van der Waals surface area contributed by atoms with Gasteiger partial charge in [0.15, 0.2) is 5.82 Å². The molecule has 4 nitrogen and oxygen atoms in total. The summed E-state index contributed by atoms with van der Waals surface area (Å²) in [5.41, 5.74) is -0.329. The predicted octanol–water partition coefficient (Wildman–Crippen LogP) is 4.71. The molecule has 2 aromatic rings. The van der Waals surface area contributed by atoms with Crippen molar-refractivity contribution < 1.29 is 18.3 Å². The minimum absolute atomic E-state index is 0.0231. The van der Waals surface area contributed by atoms with Crippen LogP contribution in [-0.2, 0) is 6.18 Å². The third-order valence-electron chi connectivity index (χ3n) is 4.15. The lowest BCUT2D eigenvalue weighted by Gasteiger charge is -2.07. The Kier molecular flexibility index (Phi) is 6.21. The van der Waals surface area contributed by atoms with Crippen molar-refractivity contribution in [2.24, 2.45) is 5.92 Å². The van der Waals surface area contributed by atoms with Crippen molar-refractivity contribution in [1.82, 2.24) is 14.8 Å². The molecule has 1 aromatic carbocycles. The maximum Gasteiger partial charge on any atom is 0.416 e. The summed E-state index contributed by atoms with van der Waals surface area (Å²) in [5, 5.41) is 13.0. The highest BCUT2D eigenvalue weighted by Gasteiger charge is 2.30. The van der Waals surface area contributed by atoms with Gasteiger partial charge in [-0.3, -0.25) is 0 Å². The third kappa shape index (κ3) is 5.56. The first-order valence-electron chi connectivity index (χ1n) is 8.43. The van der Waals surface area contributed by atoms with Gasteiger partial charge in [0, 0.05) is 11.6 Å². The summed E-state index contributed by atoms with van der Waals surface area (Å²) >= 11 is 0. The summed E-state index contributed by atoms with van der Waals surface area (Å²) in [6.07, 6.45) is 0.467. The van der Waals surface area contributed by atoms with Gasteiger partial charge in [-0.25, -0.2) is 9.67 Å². The number of aliphatic hydroxyl groups excluding tert-OH is 1. The smallest absolute Gasteiger partial charge is 0.393 e. The first-order valence-corrected chi connectivity index (χ1v) is 8.43. The number of halogens is 3. The number of aliphatic hydroxyl groups is 1. The summed E-state index contributed by atoms with van der Waals surface area (Å²) in [4.78, 5) is 4.02. The van der Waals surface area contributed by atoms with Crippen molar-refractivity contribution in [2.45, 2.75) is 58.4 Å². The van der Waals surface area contributed by atoms with E-state index in [-0.39, 0.29) is 12.1 Å². The van der Waals surface area contributed by atoms with Gasteiger partial charge in [-0.15, -0.1) is 0 Å². The first-order chi connectivity index (χ1) is 11.7. The lowest BCUT2D eigenvalue weighted by molar-refractivity contribution is -0.137. The molecule has 1 heterocycles. The second-order valence-electron chi connectivity index (χ2n) is 6.79. The number of alkyl halides is 3. The molecule has 1 aliphatic carbocycles. The van der Waals surface area contributed by atoms with Gasteiger partial charge >= 0.3 is 6.18 Å². The highest BCUT2D eigenvalue weighted by Crippen LogP contribution is 2.31. The van der Waals surface area contributed by atoms with Crippen LogP contribution in [0.3, 0.4) is 0 Å². The molecular formula is C18H24F3N3O. The van der Waals surface area contributed by atoms with Gasteiger partial charge in [-0.05, 0) is 51.2 Å². The molecule has 138 valence electrons. The average molecular weight is 355 g/mol. The molecule has 0 aliphatic heterocycles. The van der Waals surface area contributed by atoms with Crippen LogP contribution >= 0.6 is 0 Å². The van der Waals surface area contributed by atoms with Crippen LogP contribution in [-0.4, -0.2) is 26.0 Å². The fourth-order valence-corrected chi connectivity index (χ4v) is 2.67. The van der Waals surface area contributed by atoms with E-state index in [0.717, 1.165) is 30.9 Å². The molecule has 2 unspecified atom stereocenters. The Labute approximate surface area is 145 Å². The monoisotopic (exact) mass is 355 g/mol. The fraction of sp³-hybridized carbons (Fsp3) is 0.556.